The summed E-state index contributed by atoms with van der Waals surface area (Å²) in [6.45, 7) is 7.82. The zero-order valence-corrected chi connectivity index (χ0v) is 19.6. The summed E-state index contributed by atoms with van der Waals surface area (Å²) in [5, 5.41) is 0.695. The number of unbranched alkanes of at least 4 members (excludes halogenated alkanes) is 1. The van der Waals surface area contributed by atoms with Crippen LogP contribution < -0.4 is 9.47 Å². The van der Waals surface area contributed by atoms with Crippen LogP contribution in [-0.2, 0) is 6.54 Å². The van der Waals surface area contributed by atoms with E-state index in [2.05, 4.69) is 36.6 Å². The van der Waals surface area contributed by atoms with Crippen LogP contribution in [-0.4, -0.2) is 16.2 Å². The molecule has 0 bridgehead atoms. The van der Waals surface area contributed by atoms with Gasteiger partial charge in [-0.15, -0.1) is 0 Å². The first-order chi connectivity index (χ1) is 15.5. The lowest BCUT2D eigenvalue weighted by Crippen LogP contribution is -2.13. The molecule has 0 spiro atoms. The van der Waals surface area contributed by atoms with Crippen LogP contribution in [0.3, 0.4) is 0 Å². The second-order valence-electron chi connectivity index (χ2n) is 8.08. The molecule has 1 unspecified atom stereocenters. The van der Waals surface area contributed by atoms with Gasteiger partial charge in [0, 0.05) is 11.6 Å². The molecule has 5 heteroatoms. The van der Waals surface area contributed by atoms with E-state index in [1.165, 1.54) is 11.1 Å². The number of halogens is 1. The van der Waals surface area contributed by atoms with E-state index < -0.39 is 0 Å². The Kier molecular flexibility index (Phi) is 7.01. The van der Waals surface area contributed by atoms with E-state index >= 15 is 0 Å². The second kappa shape index (κ2) is 10.1. The molecule has 4 nitrogen and oxygen atoms in total. The van der Waals surface area contributed by atoms with Crippen molar-refractivity contribution in [3.05, 3.63) is 88.7 Å². The summed E-state index contributed by atoms with van der Waals surface area (Å²) in [6, 6.07) is 21.9. The van der Waals surface area contributed by atoms with E-state index in [-0.39, 0.29) is 6.10 Å². The minimum absolute atomic E-state index is 0.185. The van der Waals surface area contributed by atoms with Crippen LogP contribution >= 0.6 is 11.6 Å². The molecule has 0 amide bonds. The molecule has 4 aromatic rings. The largest absolute Gasteiger partial charge is 0.493 e. The fraction of sp³-hybridized carbons (Fsp3) is 0.296. The summed E-state index contributed by atoms with van der Waals surface area (Å²) < 4.78 is 14.5. The van der Waals surface area contributed by atoms with E-state index in [0.717, 1.165) is 47.7 Å². The van der Waals surface area contributed by atoms with Crippen molar-refractivity contribution < 1.29 is 9.47 Å². The van der Waals surface area contributed by atoms with Crippen molar-refractivity contribution in [1.82, 2.24) is 9.55 Å². The van der Waals surface area contributed by atoms with Crippen LogP contribution in [0.2, 0.25) is 5.02 Å². The zero-order chi connectivity index (χ0) is 22.5. The van der Waals surface area contributed by atoms with Crippen LogP contribution in [0.1, 0.15) is 42.8 Å². The Bertz CT molecular complexity index is 1180. The summed E-state index contributed by atoms with van der Waals surface area (Å²) >= 11 is 6.00. The Labute approximate surface area is 194 Å². The molecule has 0 saturated heterocycles. The molecule has 3 aromatic carbocycles. The molecule has 1 aromatic heterocycles. The number of fused-ring (bicyclic) bond motifs is 1. The predicted molar refractivity (Wildman–Crippen MR) is 131 cm³/mol. The highest BCUT2D eigenvalue weighted by atomic mass is 35.5. The molecule has 0 fully saturated rings. The van der Waals surface area contributed by atoms with Gasteiger partial charge in [0.1, 0.15) is 11.5 Å². The van der Waals surface area contributed by atoms with Crippen LogP contribution in [0.4, 0.5) is 0 Å². The number of hydrogen-bond acceptors (Lipinski definition) is 3. The summed E-state index contributed by atoms with van der Waals surface area (Å²) in [4.78, 5) is 4.87. The number of benzene rings is 3. The van der Waals surface area contributed by atoms with Gasteiger partial charge in [-0.25, -0.2) is 4.98 Å². The highest BCUT2D eigenvalue weighted by Gasteiger charge is 2.18. The molecular formula is C27H29ClN2O2. The minimum Gasteiger partial charge on any atom is -0.493 e. The normalized spacial score (nSPS) is 12.1. The third kappa shape index (κ3) is 5.08. The number of nitrogens with zero attached hydrogens (tertiary/aromatic N) is 2. The molecule has 32 heavy (non-hydrogen) atoms. The van der Waals surface area contributed by atoms with Crippen molar-refractivity contribution in [1.29, 1.82) is 0 Å². The highest BCUT2D eigenvalue weighted by Crippen LogP contribution is 2.27. The van der Waals surface area contributed by atoms with Crippen molar-refractivity contribution in [2.24, 2.45) is 0 Å². The van der Waals surface area contributed by atoms with Gasteiger partial charge in [-0.05, 0) is 87.2 Å². The molecule has 0 aliphatic rings. The topological polar surface area (TPSA) is 36.3 Å². The first-order valence-electron chi connectivity index (χ1n) is 11.1. The van der Waals surface area contributed by atoms with Crippen LogP contribution in [0, 0.1) is 13.8 Å². The fourth-order valence-corrected chi connectivity index (χ4v) is 3.97. The van der Waals surface area contributed by atoms with Crippen molar-refractivity contribution in [2.75, 3.05) is 6.61 Å². The third-order valence-corrected chi connectivity index (χ3v) is 6.01. The number of aryl methyl sites for hydroxylation is 2. The minimum atomic E-state index is -0.185. The summed E-state index contributed by atoms with van der Waals surface area (Å²) in [6.07, 6.45) is 1.77. The van der Waals surface area contributed by atoms with E-state index in [1.807, 2.05) is 55.5 Å². The smallest absolute Gasteiger partial charge is 0.153 e. The number of para-hydroxylation sites is 2. The average molecular weight is 449 g/mol. The zero-order valence-electron chi connectivity index (χ0n) is 18.8. The number of imidazole rings is 1. The van der Waals surface area contributed by atoms with Crippen LogP contribution in [0.5, 0.6) is 11.5 Å². The number of aromatic nitrogens is 2. The van der Waals surface area contributed by atoms with E-state index in [9.17, 15) is 0 Å². The molecule has 0 aliphatic heterocycles. The maximum absolute atomic E-state index is 6.17. The van der Waals surface area contributed by atoms with E-state index in [4.69, 9.17) is 26.1 Å². The lowest BCUT2D eigenvalue weighted by atomic mass is 10.1. The Hall–Kier alpha value is -2.98. The SMILES string of the molecule is Cc1cccc(OCCCCn2c(C(C)Oc3ccc(Cl)cc3)nc3ccccc32)c1C. The Morgan fingerprint density at radius 1 is 0.938 bits per heavy atom. The van der Waals surface area contributed by atoms with Gasteiger partial charge in [0.2, 0.25) is 0 Å². The molecule has 1 atom stereocenters. The monoisotopic (exact) mass is 448 g/mol. The van der Waals surface area contributed by atoms with Gasteiger partial charge in [-0.2, -0.15) is 0 Å². The average Bonchev–Trinajstić information content (AvgIpc) is 3.17. The predicted octanol–water partition coefficient (Wildman–Crippen LogP) is 7.31. The van der Waals surface area contributed by atoms with Gasteiger partial charge in [-0.3, -0.25) is 0 Å². The molecule has 4 rings (SSSR count). The van der Waals surface area contributed by atoms with E-state index in [1.54, 1.807) is 0 Å². The first kappa shape index (κ1) is 22.2. The van der Waals surface area contributed by atoms with Gasteiger partial charge in [0.15, 0.2) is 11.9 Å². The molecule has 1 heterocycles. The van der Waals surface area contributed by atoms with Gasteiger partial charge in [0.05, 0.1) is 17.6 Å². The Morgan fingerprint density at radius 3 is 2.53 bits per heavy atom. The maximum Gasteiger partial charge on any atom is 0.153 e. The van der Waals surface area contributed by atoms with Crippen molar-refractivity contribution >= 4 is 22.6 Å². The molecule has 0 aliphatic carbocycles. The van der Waals surface area contributed by atoms with Gasteiger partial charge >= 0.3 is 0 Å². The van der Waals surface area contributed by atoms with Crippen LogP contribution in [0.15, 0.2) is 66.7 Å². The summed E-state index contributed by atoms with van der Waals surface area (Å²) in [5.41, 5.74) is 4.58. The Morgan fingerprint density at radius 2 is 1.72 bits per heavy atom. The third-order valence-electron chi connectivity index (χ3n) is 5.76. The van der Waals surface area contributed by atoms with E-state index in [0.29, 0.717) is 11.6 Å². The van der Waals surface area contributed by atoms with Crippen molar-refractivity contribution in [2.45, 2.75) is 46.3 Å². The number of hydrogen-bond donors (Lipinski definition) is 0. The summed E-state index contributed by atoms with van der Waals surface area (Å²) in [5.74, 6) is 2.68. The Balaban J connectivity index is 1.43. The van der Waals surface area contributed by atoms with Crippen LogP contribution in [0.25, 0.3) is 11.0 Å². The fourth-order valence-electron chi connectivity index (χ4n) is 3.84. The van der Waals surface area contributed by atoms with Gasteiger partial charge in [0.25, 0.3) is 0 Å². The molecule has 166 valence electrons. The quantitative estimate of drug-likeness (QED) is 0.252. The van der Waals surface area contributed by atoms with Gasteiger partial charge in [-0.1, -0.05) is 35.9 Å². The number of ether oxygens (including phenoxy) is 2. The number of rotatable bonds is 9. The van der Waals surface area contributed by atoms with Crippen molar-refractivity contribution in [3.63, 3.8) is 0 Å². The molecule has 0 saturated carbocycles. The highest BCUT2D eigenvalue weighted by molar-refractivity contribution is 6.30. The summed E-state index contributed by atoms with van der Waals surface area (Å²) in [7, 11) is 0. The standard InChI is InChI=1S/C27H29ClN2O2/c1-19-9-8-12-26(20(19)2)31-18-7-6-17-30-25-11-5-4-10-24(25)29-27(30)21(3)32-23-15-13-22(28)14-16-23/h4-5,8-16,21H,6-7,17-18H2,1-3H3. The lowest BCUT2D eigenvalue weighted by molar-refractivity contribution is 0.211. The van der Waals surface area contributed by atoms with Crippen molar-refractivity contribution in [3.8, 4) is 11.5 Å². The lowest BCUT2D eigenvalue weighted by Gasteiger charge is -2.17. The molecule has 0 N–H and O–H groups in total. The maximum atomic E-state index is 6.17. The first-order valence-corrected chi connectivity index (χ1v) is 11.5. The molecule has 0 radical (unpaired) electrons. The van der Waals surface area contributed by atoms with Gasteiger partial charge < -0.3 is 14.0 Å². The second-order valence-corrected chi connectivity index (χ2v) is 8.51. The molecular weight excluding hydrogens is 420 g/mol.